The molecular weight excluding hydrogens is 244 g/mol. The van der Waals surface area contributed by atoms with Gasteiger partial charge >= 0.3 is 6.03 Å². The number of urea groups is 1. The number of amides is 2. The molecule has 0 aromatic heterocycles. The highest BCUT2D eigenvalue weighted by Crippen LogP contribution is 2.14. The van der Waals surface area contributed by atoms with Crippen molar-refractivity contribution in [2.45, 2.75) is 33.7 Å². The molecule has 0 saturated heterocycles. The molecule has 5 nitrogen and oxygen atoms in total. The van der Waals surface area contributed by atoms with Crippen molar-refractivity contribution in [3.63, 3.8) is 0 Å². The van der Waals surface area contributed by atoms with Gasteiger partial charge in [0.25, 0.3) is 0 Å². The van der Waals surface area contributed by atoms with Crippen LogP contribution in [0.5, 0.6) is 0 Å². The minimum Gasteiger partial charge on any atom is -0.548 e. The molecule has 0 fully saturated rings. The number of rotatable bonds is 4. The van der Waals surface area contributed by atoms with Gasteiger partial charge in [-0.15, -0.1) is 0 Å². The lowest BCUT2D eigenvalue weighted by Crippen LogP contribution is -2.51. The zero-order chi connectivity index (χ0) is 14.6. The molecule has 1 atom stereocenters. The van der Waals surface area contributed by atoms with Crippen LogP contribution in [0.1, 0.15) is 25.0 Å². The van der Waals surface area contributed by atoms with Crippen LogP contribution in [0, 0.1) is 19.8 Å². The van der Waals surface area contributed by atoms with Crippen molar-refractivity contribution < 1.29 is 14.7 Å². The van der Waals surface area contributed by atoms with E-state index >= 15 is 0 Å². The van der Waals surface area contributed by atoms with Crippen LogP contribution in [-0.2, 0) is 4.79 Å². The van der Waals surface area contributed by atoms with Crippen LogP contribution in [0.2, 0.25) is 0 Å². The monoisotopic (exact) mass is 263 g/mol. The van der Waals surface area contributed by atoms with E-state index in [0.29, 0.717) is 5.69 Å². The molecule has 0 saturated carbocycles. The number of hydrogen-bond donors (Lipinski definition) is 2. The minimum atomic E-state index is -1.29. The number of hydrogen-bond acceptors (Lipinski definition) is 3. The van der Waals surface area contributed by atoms with Crippen molar-refractivity contribution in [3.05, 3.63) is 29.3 Å². The fraction of sp³-hybridized carbons (Fsp3) is 0.429. The summed E-state index contributed by atoms with van der Waals surface area (Å²) in [5.74, 6) is -1.53. The van der Waals surface area contributed by atoms with Crippen molar-refractivity contribution in [2.24, 2.45) is 5.92 Å². The smallest absolute Gasteiger partial charge is 0.319 e. The standard InChI is InChI=1S/C14H20N2O3/c1-8(2)12(13(17)18)16-14(19)15-11-6-5-9(3)10(4)7-11/h5-8,12H,1-4H3,(H,17,18)(H2,15,16,19)/p-1/t12-/m1/s1. The SMILES string of the molecule is Cc1ccc(NC(=O)N[C@@H](C(=O)[O-])C(C)C)cc1C. The number of nitrogens with one attached hydrogen (secondary N) is 2. The van der Waals surface area contributed by atoms with E-state index < -0.39 is 18.0 Å². The Morgan fingerprint density at radius 2 is 1.79 bits per heavy atom. The van der Waals surface area contributed by atoms with Crippen molar-refractivity contribution in [1.82, 2.24) is 5.32 Å². The van der Waals surface area contributed by atoms with Crippen LogP contribution in [0.15, 0.2) is 18.2 Å². The summed E-state index contributed by atoms with van der Waals surface area (Å²) in [7, 11) is 0. The number of benzene rings is 1. The minimum absolute atomic E-state index is 0.240. The molecular formula is C14H19N2O3-. The van der Waals surface area contributed by atoms with E-state index in [1.807, 2.05) is 26.0 Å². The summed E-state index contributed by atoms with van der Waals surface area (Å²) in [5, 5.41) is 15.9. The first kappa shape index (κ1) is 15.0. The number of aryl methyl sites for hydroxylation is 2. The molecule has 1 aromatic carbocycles. The predicted octanol–water partition coefficient (Wildman–Crippen LogP) is 1.20. The zero-order valence-corrected chi connectivity index (χ0v) is 11.6. The predicted molar refractivity (Wildman–Crippen MR) is 71.7 cm³/mol. The summed E-state index contributed by atoms with van der Waals surface area (Å²) in [4.78, 5) is 22.6. The number of carboxylic acids is 1. The van der Waals surface area contributed by atoms with Gasteiger partial charge in [-0.2, -0.15) is 0 Å². The van der Waals surface area contributed by atoms with E-state index in [0.717, 1.165) is 11.1 Å². The Morgan fingerprint density at radius 3 is 2.26 bits per heavy atom. The maximum absolute atomic E-state index is 11.7. The molecule has 0 spiro atoms. The first-order valence-corrected chi connectivity index (χ1v) is 6.17. The number of aliphatic carboxylic acids is 1. The van der Waals surface area contributed by atoms with Crippen LogP contribution in [0.4, 0.5) is 10.5 Å². The Hall–Kier alpha value is -2.04. The van der Waals surface area contributed by atoms with Gasteiger partial charge in [0.15, 0.2) is 0 Å². The summed E-state index contributed by atoms with van der Waals surface area (Å²) >= 11 is 0. The van der Waals surface area contributed by atoms with E-state index in [-0.39, 0.29) is 5.92 Å². The molecule has 104 valence electrons. The van der Waals surface area contributed by atoms with Crippen molar-refractivity contribution in [1.29, 1.82) is 0 Å². The first-order chi connectivity index (χ1) is 8.81. The quantitative estimate of drug-likeness (QED) is 0.856. The molecule has 0 radical (unpaired) electrons. The molecule has 0 unspecified atom stereocenters. The summed E-state index contributed by atoms with van der Waals surface area (Å²) < 4.78 is 0. The molecule has 5 heteroatoms. The number of carboxylic acid groups (broad SMARTS) is 1. The topological polar surface area (TPSA) is 81.3 Å². The molecule has 1 rings (SSSR count). The number of carbonyl (C=O) groups excluding carboxylic acids is 2. The maximum Gasteiger partial charge on any atom is 0.319 e. The number of carbonyl (C=O) groups is 2. The Morgan fingerprint density at radius 1 is 1.16 bits per heavy atom. The van der Waals surface area contributed by atoms with Gasteiger partial charge in [-0.3, -0.25) is 0 Å². The van der Waals surface area contributed by atoms with Crippen LogP contribution < -0.4 is 15.7 Å². The third kappa shape index (κ3) is 4.28. The normalized spacial score (nSPS) is 12.1. The Labute approximate surface area is 113 Å². The lowest BCUT2D eigenvalue weighted by atomic mass is 10.1. The first-order valence-electron chi connectivity index (χ1n) is 6.17. The second-order valence-electron chi connectivity index (χ2n) is 4.94. The molecule has 19 heavy (non-hydrogen) atoms. The Balaban J connectivity index is 2.69. The Bertz CT molecular complexity index is 484. The average Bonchev–Trinajstić information content (AvgIpc) is 2.30. The molecule has 0 aliphatic carbocycles. The molecule has 0 heterocycles. The molecule has 0 aliphatic heterocycles. The van der Waals surface area contributed by atoms with Crippen LogP contribution in [0.25, 0.3) is 0 Å². The van der Waals surface area contributed by atoms with Crippen LogP contribution >= 0.6 is 0 Å². The highest BCUT2D eigenvalue weighted by Gasteiger charge is 2.17. The summed E-state index contributed by atoms with van der Waals surface area (Å²) in [6.07, 6.45) is 0. The number of anilines is 1. The van der Waals surface area contributed by atoms with Gasteiger partial charge < -0.3 is 20.5 Å². The fourth-order valence-corrected chi connectivity index (χ4v) is 1.63. The van der Waals surface area contributed by atoms with Gasteiger partial charge in [-0.25, -0.2) is 4.79 Å². The van der Waals surface area contributed by atoms with Gasteiger partial charge in [0.05, 0.1) is 12.0 Å². The van der Waals surface area contributed by atoms with E-state index in [4.69, 9.17) is 0 Å². The average molecular weight is 263 g/mol. The van der Waals surface area contributed by atoms with Crippen LogP contribution in [0.3, 0.4) is 0 Å². The third-order valence-electron chi connectivity index (χ3n) is 2.97. The fourth-order valence-electron chi connectivity index (χ4n) is 1.63. The summed E-state index contributed by atoms with van der Waals surface area (Å²) in [6, 6.07) is 3.94. The van der Waals surface area contributed by atoms with E-state index in [1.54, 1.807) is 19.9 Å². The molecule has 0 bridgehead atoms. The summed E-state index contributed by atoms with van der Waals surface area (Å²) in [5.41, 5.74) is 2.81. The lowest BCUT2D eigenvalue weighted by Gasteiger charge is -2.23. The lowest BCUT2D eigenvalue weighted by molar-refractivity contribution is -0.309. The summed E-state index contributed by atoms with van der Waals surface area (Å²) in [6.45, 7) is 7.33. The second kappa shape index (κ2) is 6.22. The zero-order valence-electron chi connectivity index (χ0n) is 11.6. The largest absolute Gasteiger partial charge is 0.548 e. The molecule has 0 aliphatic rings. The highest BCUT2D eigenvalue weighted by molar-refractivity contribution is 5.92. The third-order valence-corrected chi connectivity index (χ3v) is 2.97. The second-order valence-corrected chi connectivity index (χ2v) is 4.94. The van der Waals surface area contributed by atoms with E-state index in [2.05, 4.69) is 10.6 Å². The Kier molecular flexibility index (Phi) is 4.92. The van der Waals surface area contributed by atoms with Gasteiger partial charge in [0.1, 0.15) is 0 Å². The van der Waals surface area contributed by atoms with E-state index in [9.17, 15) is 14.7 Å². The van der Waals surface area contributed by atoms with Crippen molar-refractivity contribution in [2.75, 3.05) is 5.32 Å². The highest BCUT2D eigenvalue weighted by atomic mass is 16.4. The van der Waals surface area contributed by atoms with Gasteiger partial charge in [0.2, 0.25) is 0 Å². The molecule has 1 aromatic rings. The van der Waals surface area contributed by atoms with Crippen molar-refractivity contribution >= 4 is 17.7 Å². The van der Waals surface area contributed by atoms with Gasteiger partial charge in [0, 0.05) is 5.69 Å². The molecule has 2 amide bonds. The van der Waals surface area contributed by atoms with Crippen molar-refractivity contribution in [3.8, 4) is 0 Å². The molecule has 2 N–H and O–H groups in total. The van der Waals surface area contributed by atoms with Gasteiger partial charge in [-0.1, -0.05) is 19.9 Å². The van der Waals surface area contributed by atoms with E-state index in [1.165, 1.54) is 0 Å². The van der Waals surface area contributed by atoms with Gasteiger partial charge in [-0.05, 0) is 43.0 Å². The maximum atomic E-state index is 11.7. The van der Waals surface area contributed by atoms with Crippen LogP contribution in [-0.4, -0.2) is 18.0 Å².